The average molecular weight is 325 g/mol. The van der Waals surface area contributed by atoms with Gasteiger partial charge in [-0.2, -0.15) is 0 Å². The summed E-state index contributed by atoms with van der Waals surface area (Å²) in [6.45, 7) is -0.181. The summed E-state index contributed by atoms with van der Waals surface area (Å²) in [6, 6.07) is 3.17. The number of aliphatic hydroxyl groups excluding tert-OH is 1. The Bertz CT molecular complexity index is 490. The van der Waals surface area contributed by atoms with Gasteiger partial charge in [-0.25, -0.2) is 13.2 Å². The molecule has 0 bridgehead atoms. The first kappa shape index (κ1) is 17.7. The number of alkyl halides is 1. The van der Waals surface area contributed by atoms with E-state index >= 15 is 0 Å². The zero-order valence-corrected chi connectivity index (χ0v) is 11.9. The maximum atomic E-state index is 14.0. The van der Waals surface area contributed by atoms with Gasteiger partial charge < -0.3 is 15.7 Å². The Labute approximate surface area is 126 Å². The van der Waals surface area contributed by atoms with Gasteiger partial charge in [-0.3, -0.25) is 4.79 Å². The molecular weight excluding hydrogens is 309 g/mol. The Morgan fingerprint density at radius 2 is 2.05 bits per heavy atom. The van der Waals surface area contributed by atoms with Gasteiger partial charge in [0.05, 0.1) is 5.56 Å². The second kappa shape index (κ2) is 7.11. The van der Waals surface area contributed by atoms with E-state index in [0.29, 0.717) is 6.54 Å². The van der Waals surface area contributed by atoms with Crippen molar-refractivity contribution in [3.63, 3.8) is 0 Å². The number of halogens is 4. The van der Waals surface area contributed by atoms with Gasteiger partial charge in [0.2, 0.25) is 5.67 Å². The van der Waals surface area contributed by atoms with Crippen LogP contribution in [0.2, 0.25) is 0 Å². The summed E-state index contributed by atoms with van der Waals surface area (Å²) in [5.41, 5.74) is -2.57. The van der Waals surface area contributed by atoms with Crippen molar-refractivity contribution in [3.8, 4) is 0 Å². The number of hydrogen-bond donors (Lipinski definition) is 3. The van der Waals surface area contributed by atoms with Crippen molar-refractivity contribution in [2.75, 3.05) is 19.6 Å². The number of benzene rings is 1. The summed E-state index contributed by atoms with van der Waals surface area (Å²) in [7, 11) is 0. The van der Waals surface area contributed by atoms with Gasteiger partial charge >= 0.3 is 0 Å². The van der Waals surface area contributed by atoms with Crippen LogP contribution in [-0.4, -0.2) is 36.3 Å². The van der Waals surface area contributed by atoms with Crippen LogP contribution in [-0.2, 0) is 4.79 Å². The van der Waals surface area contributed by atoms with E-state index in [1.54, 1.807) is 0 Å². The number of carbonyl (C=O) groups excluding carboxylic acids is 1. The maximum absolute atomic E-state index is 14.0. The van der Waals surface area contributed by atoms with Crippen LogP contribution in [0.1, 0.15) is 18.1 Å². The van der Waals surface area contributed by atoms with Crippen LogP contribution >= 0.6 is 12.4 Å². The standard InChI is InChI=1S/C13H15F3N2O2.ClH/c14-8-2-1-3-9(15)11(8)10(19)6-18-12(20)13(16)4-5-17-7-13;/h1-3,10,17,19H,4-7H2,(H,18,20);1H. The Hall–Kier alpha value is -1.31. The summed E-state index contributed by atoms with van der Waals surface area (Å²) in [5.74, 6) is -2.72. The van der Waals surface area contributed by atoms with Crippen molar-refractivity contribution in [1.82, 2.24) is 10.6 Å². The number of aliphatic hydroxyl groups is 1. The lowest BCUT2D eigenvalue weighted by molar-refractivity contribution is -0.132. The molecular formula is C13H16ClF3N2O2. The Morgan fingerprint density at radius 1 is 1.43 bits per heavy atom. The highest BCUT2D eigenvalue weighted by Crippen LogP contribution is 2.22. The van der Waals surface area contributed by atoms with E-state index in [4.69, 9.17) is 0 Å². The number of rotatable bonds is 4. The van der Waals surface area contributed by atoms with E-state index in [1.165, 1.54) is 6.07 Å². The monoisotopic (exact) mass is 324 g/mol. The predicted octanol–water partition coefficient (Wildman–Crippen LogP) is 1.24. The smallest absolute Gasteiger partial charge is 0.259 e. The molecule has 0 aromatic heterocycles. The van der Waals surface area contributed by atoms with E-state index < -0.39 is 41.4 Å². The third-order valence-corrected chi connectivity index (χ3v) is 3.30. The van der Waals surface area contributed by atoms with Crippen molar-refractivity contribution >= 4 is 18.3 Å². The van der Waals surface area contributed by atoms with E-state index in [1.807, 2.05) is 0 Å². The molecule has 1 aromatic rings. The van der Waals surface area contributed by atoms with Crippen molar-refractivity contribution in [2.45, 2.75) is 18.2 Å². The first-order valence-electron chi connectivity index (χ1n) is 6.24. The summed E-state index contributed by atoms with van der Waals surface area (Å²) >= 11 is 0. The van der Waals surface area contributed by atoms with Crippen LogP contribution in [0, 0.1) is 11.6 Å². The molecule has 0 aliphatic carbocycles. The van der Waals surface area contributed by atoms with Crippen molar-refractivity contribution in [2.24, 2.45) is 0 Å². The first-order valence-corrected chi connectivity index (χ1v) is 6.24. The van der Waals surface area contributed by atoms with Gasteiger partial charge in [0.15, 0.2) is 0 Å². The van der Waals surface area contributed by atoms with Crippen LogP contribution < -0.4 is 10.6 Å². The van der Waals surface area contributed by atoms with E-state index in [9.17, 15) is 23.1 Å². The zero-order valence-electron chi connectivity index (χ0n) is 11.0. The van der Waals surface area contributed by atoms with Gasteiger partial charge in [-0.15, -0.1) is 12.4 Å². The maximum Gasteiger partial charge on any atom is 0.259 e. The second-order valence-electron chi connectivity index (χ2n) is 4.75. The second-order valence-corrected chi connectivity index (χ2v) is 4.75. The average Bonchev–Trinajstić information content (AvgIpc) is 2.84. The molecule has 0 spiro atoms. The first-order chi connectivity index (χ1) is 9.44. The van der Waals surface area contributed by atoms with Crippen molar-refractivity contribution in [1.29, 1.82) is 0 Å². The third kappa shape index (κ3) is 3.87. The lowest BCUT2D eigenvalue weighted by atomic mass is 10.0. The number of hydrogen-bond acceptors (Lipinski definition) is 3. The minimum atomic E-state index is -2.03. The highest BCUT2D eigenvalue weighted by Gasteiger charge is 2.41. The molecule has 2 rings (SSSR count). The van der Waals surface area contributed by atoms with Gasteiger partial charge in [0.1, 0.15) is 17.7 Å². The minimum absolute atomic E-state index is 0. The van der Waals surface area contributed by atoms with Gasteiger partial charge in [0.25, 0.3) is 5.91 Å². The number of amides is 1. The number of carbonyl (C=O) groups is 1. The molecule has 2 atom stereocenters. The molecule has 21 heavy (non-hydrogen) atoms. The molecule has 1 saturated heterocycles. The van der Waals surface area contributed by atoms with E-state index in [2.05, 4.69) is 10.6 Å². The van der Waals surface area contributed by atoms with Crippen molar-refractivity contribution < 1.29 is 23.1 Å². The molecule has 0 radical (unpaired) electrons. The van der Waals surface area contributed by atoms with Crippen LogP contribution in [0.3, 0.4) is 0 Å². The molecule has 3 N–H and O–H groups in total. The normalized spacial score (nSPS) is 22.5. The topological polar surface area (TPSA) is 61.4 Å². The molecule has 1 fully saturated rings. The summed E-state index contributed by atoms with van der Waals surface area (Å²) in [6.07, 6.45) is -1.54. The van der Waals surface area contributed by atoms with Gasteiger partial charge in [-0.05, 0) is 18.7 Å². The molecule has 0 saturated carbocycles. The summed E-state index contributed by atoms with van der Waals surface area (Å²) < 4.78 is 40.8. The third-order valence-electron chi connectivity index (χ3n) is 3.30. The highest BCUT2D eigenvalue weighted by atomic mass is 35.5. The fourth-order valence-electron chi connectivity index (χ4n) is 2.13. The quantitative estimate of drug-likeness (QED) is 0.781. The Morgan fingerprint density at radius 3 is 2.57 bits per heavy atom. The van der Waals surface area contributed by atoms with Crippen LogP contribution in [0.25, 0.3) is 0 Å². The summed E-state index contributed by atoms with van der Waals surface area (Å²) in [5, 5.41) is 14.6. The largest absolute Gasteiger partial charge is 0.386 e. The minimum Gasteiger partial charge on any atom is -0.386 e. The van der Waals surface area contributed by atoms with E-state index in [-0.39, 0.29) is 25.4 Å². The molecule has 1 aliphatic heterocycles. The molecule has 4 nitrogen and oxygen atoms in total. The number of nitrogens with one attached hydrogen (secondary N) is 2. The highest BCUT2D eigenvalue weighted by molar-refractivity contribution is 5.86. The molecule has 118 valence electrons. The SMILES string of the molecule is Cl.O=C(NCC(O)c1c(F)cccc1F)C1(F)CCNC1. The van der Waals surface area contributed by atoms with Crippen molar-refractivity contribution in [3.05, 3.63) is 35.4 Å². The Balaban J connectivity index is 0.00000220. The van der Waals surface area contributed by atoms with E-state index in [0.717, 1.165) is 12.1 Å². The fourth-order valence-corrected chi connectivity index (χ4v) is 2.13. The molecule has 1 aliphatic rings. The lowest BCUT2D eigenvalue weighted by Gasteiger charge is -2.19. The zero-order chi connectivity index (χ0) is 14.8. The Kier molecular flexibility index (Phi) is 6.00. The molecule has 8 heteroatoms. The van der Waals surface area contributed by atoms with Crippen LogP contribution in [0.15, 0.2) is 18.2 Å². The molecule has 1 heterocycles. The van der Waals surface area contributed by atoms with Gasteiger partial charge in [0, 0.05) is 19.5 Å². The van der Waals surface area contributed by atoms with Gasteiger partial charge in [-0.1, -0.05) is 6.07 Å². The van der Waals surface area contributed by atoms with Crippen LogP contribution in [0.4, 0.5) is 13.2 Å². The summed E-state index contributed by atoms with van der Waals surface area (Å²) in [4.78, 5) is 11.6. The fraction of sp³-hybridized carbons (Fsp3) is 0.462. The predicted molar refractivity (Wildman–Crippen MR) is 72.9 cm³/mol. The molecule has 1 aromatic carbocycles. The molecule has 2 unspecified atom stereocenters. The van der Waals surface area contributed by atoms with Crippen LogP contribution in [0.5, 0.6) is 0 Å². The molecule has 1 amide bonds. The lowest BCUT2D eigenvalue weighted by Crippen LogP contribution is -2.46.